The van der Waals surface area contributed by atoms with Crippen LogP contribution < -0.4 is 10.1 Å². The number of benzene rings is 1. The molecule has 0 unspecified atom stereocenters. The van der Waals surface area contributed by atoms with Gasteiger partial charge in [-0.3, -0.25) is 0 Å². The lowest BCUT2D eigenvalue weighted by Gasteiger charge is -2.09. The van der Waals surface area contributed by atoms with Crippen molar-refractivity contribution in [3.05, 3.63) is 41.2 Å². The molecule has 4 heteroatoms. The van der Waals surface area contributed by atoms with Crippen LogP contribution >= 0.6 is 0 Å². The second-order valence-electron chi connectivity index (χ2n) is 5.29. The highest BCUT2D eigenvalue weighted by molar-refractivity contribution is 5.40. The van der Waals surface area contributed by atoms with Crippen LogP contribution in [0.1, 0.15) is 30.8 Å². The summed E-state index contributed by atoms with van der Waals surface area (Å²) in [5, 5.41) is 8.10. The highest BCUT2D eigenvalue weighted by Crippen LogP contribution is 2.20. The van der Waals surface area contributed by atoms with Crippen molar-refractivity contribution in [1.82, 2.24) is 15.1 Å². The van der Waals surface area contributed by atoms with Crippen molar-refractivity contribution in [2.24, 2.45) is 0 Å². The van der Waals surface area contributed by atoms with Gasteiger partial charge in [0.15, 0.2) is 0 Å². The van der Waals surface area contributed by atoms with E-state index in [2.05, 4.69) is 38.1 Å². The van der Waals surface area contributed by atoms with Gasteiger partial charge in [-0.1, -0.05) is 13.8 Å². The zero-order valence-electron chi connectivity index (χ0n) is 12.9. The van der Waals surface area contributed by atoms with E-state index >= 15 is 0 Å². The standard InChI is InChI=1S/C16H23N3O/c1-11(2)17-10-16-12(3)18-19(13(16)4)14-6-8-15(20-5)9-7-14/h6-9,11,17H,10H2,1-5H3. The van der Waals surface area contributed by atoms with Gasteiger partial charge in [-0.2, -0.15) is 5.10 Å². The molecular formula is C16H23N3O. The number of rotatable bonds is 5. The van der Waals surface area contributed by atoms with E-state index in [9.17, 15) is 0 Å². The molecule has 0 spiro atoms. The van der Waals surface area contributed by atoms with E-state index in [-0.39, 0.29) is 0 Å². The highest BCUT2D eigenvalue weighted by Gasteiger charge is 2.12. The summed E-state index contributed by atoms with van der Waals surface area (Å²) < 4.78 is 7.18. The molecule has 2 aromatic rings. The number of nitrogens with one attached hydrogen (secondary N) is 1. The SMILES string of the molecule is COc1ccc(-n2nc(C)c(CNC(C)C)c2C)cc1. The van der Waals surface area contributed by atoms with Gasteiger partial charge in [0.25, 0.3) is 0 Å². The van der Waals surface area contributed by atoms with Crippen molar-refractivity contribution in [3.63, 3.8) is 0 Å². The normalized spacial score (nSPS) is 11.1. The van der Waals surface area contributed by atoms with Crippen LogP contribution in [0.25, 0.3) is 5.69 Å². The first-order valence-corrected chi connectivity index (χ1v) is 6.96. The maximum Gasteiger partial charge on any atom is 0.119 e. The van der Waals surface area contributed by atoms with E-state index in [1.54, 1.807) is 7.11 Å². The molecular weight excluding hydrogens is 250 g/mol. The predicted octanol–water partition coefficient (Wildman–Crippen LogP) is 3.00. The fourth-order valence-corrected chi connectivity index (χ4v) is 2.21. The van der Waals surface area contributed by atoms with Crippen molar-refractivity contribution < 1.29 is 4.74 Å². The summed E-state index contributed by atoms with van der Waals surface area (Å²) in [5.74, 6) is 0.858. The number of methoxy groups -OCH3 is 1. The molecule has 4 nitrogen and oxygen atoms in total. The van der Waals surface area contributed by atoms with Gasteiger partial charge in [-0.25, -0.2) is 4.68 Å². The molecule has 0 amide bonds. The molecule has 20 heavy (non-hydrogen) atoms. The average molecular weight is 273 g/mol. The Morgan fingerprint density at radius 1 is 1.20 bits per heavy atom. The zero-order chi connectivity index (χ0) is 14.7. The summed E-state index contributed by atoms with van der Waals surface area (Å²) in [4.78, 5) is 0. The van der Waals surface area contributed by atoms with Gasteiger partial charge in [0.05, 0.1) is 18.5 Å². The predicted molar refractivity (Wildman–Crippen MR) is 81.6 cm³/mol. The first kappa shape index (κ1) is 14.6. The van der Waals surface area contributed by atoms with Gasteiger partial charge in [-0.15, -0.1) is 0 Å². The maximum atomic E-state index is 5.19. The van der Waals surface area contributed by atoms with Crippen LogP contribution in [0.4, 0.5) is 0 Å². The molecule has 0 aliphatic rings. The minimum atomic E-state index is 0.470. The summed E-state index contributed by atoms with van der Waals surface area (Å²) >= 11 is 0. The van der Waals surface area contributed by atoms with Crippen LogP contribution in [-0.4, -0.2) is 22.9 Å². The Balaban J connectivity index is 2.30. The molecule has 1 aromatic heterocycles. The molecule has 0 radical (unpaired) electrons. The molecule has 108 valence electrons. The van der Waals surface area contributed by atoms with Crippen molar-refractivity contribution in [1.29, 1.82) is 0 Å². The molecule has 0 atom stereocenters. The summed E-state index contributed by atoms with van der Waals surface area (Å²) in [7, 11) is 1.67. The molecule has 0 fully saturated rings. The number of aryl methyl sites for hydroxylation is 1. The largest absolute Gasteiger partial charge is 0.497 e. The molecule has 0 saturated carbocycles. The number of nitrogens with zero attached hydrogens (tertiary/aromatic N) is 2. The zero-order valence-corrected chi connectivity index (χ0v) is 12.9. The molecule has 0 aliphatic heterocycles. The third-order valence-corrected chi connectivity index (χ3v) is 3.45. The van der Waals surface area contributed by atoms with Gasteiger partial charge < -0.3 is 10.1 Å². The van der Waals surface area contributed by atoms with Crippen LogP contribution in [0.2, 0.25) is 0 Å². The maximum absolute atomic E-state index is 5.19. The van der Waals surface area contributed by atoms with E-state index in [0.717, 1.165) is 23.7 Å². The number of hydrogen-bond donors (Lipinski definition) is 1. The third kappa shape index (κ3) is 3.02. The number of aromatic nitrogens is 2. The van der Waals surface area contributed by atoms with E-state index < -0.39 is 0 Å². The minimum absolute atomic E-state index is 0.470. The van der Waals surface area contributed by atoms with Crippen molar-refractivity contribution in [2.75, 3.05) is 7.11 Å². The Labute approximate surface area is 120 Å². The van der Waals surface area contributed by atoms with Crippen LogP contribution in [-0.2, 0) is 6.54 Å². The summed E-state index contributed by atoms with van der Waals surface area (Å²) in [6.07, 6.45) is 0. The minimum Gasteiger partial charge on any atom is -0.497 e. The highest BCUT2D eigenvalue weighted by atomic mass is 16.5. The second kappa shape index (κ2) is 6.09. The third-order valence-electron chi connectivity index (χ3n) is 3.45. The Bertz CT molecular complexity index is 570. The number of ether oxygens (including phenoxy) is 1. The van der Waals surface area contributed by atoms with Gasteiger partial charge >= 0.3 is 0 Å². The summed E-state index contributed by atoms with van der Waals surface area (Å²) in [5.41, 5.74) is 4.59. The Kier molecular flexibility index (Phi) is 4.45. The Hall–Kier alpha value is -1.81. The first-order valence-electron chi connectivity index (χ1n) is 6.96. The topological polar surface area (TPSA) is 39.1 Å². The lowest BCUT2D eigenvalue weighted by Crippen LogP contribution is -2.22. The van der Waals surface area contributed by atoms with Crippen LogP contribution in [0.15, 0.2) is 24.3 Å². The van der Waals surface area contributed by atoms with E-state index in [4.69, 9.17) is 4.74 Å². The molecule has 0 bridgehead atoms. The van der Waals surface area contributed by atoms with Crippen LogP contribution in [0, 0.1) is 13.8 Å². The second-order valence-corrected chi connectivity index (χ2v) is 5.29. The van der Waals surface area contributed by atoms with Crippen molar-refractivity contribution >= 4 is 0 Å². The molecule has 1 heterocycles. The fraction of sp³-hybridized carbons (Fsp3) is 0.438. The van der Waals surface area contributed by atoms with E-state index in [1.807, 2.05) is 28.9 Å². The lowest BCUT2D eigenvalue weighted by atomic mass is 10.2. The van der Waals surface area contributed by atoms with Crippen molar-refractivity contribution in [3.8, 4) is 11.4 Å². The molecule has 0 aliphatic carbocycles. The molecule has 1 N–H and O–H groups in total. The monoisotopic (exact) mass is 273 g/mol. The van der Waals surface area contributed by atoms with Gasteiger partial charge in [0.1, 0.15) is 5.75 Å². The van der Waals surface area contributed by atoms with Gasteiger partial charge in [0, 0.05) is 23.8 Å². The van der Waals surface area contributed by atoms with Crippen LogP contribution in [0.3, 0.4) is 0 Å². The summed E-state index contributed by atoms with van der Waals surface area (Å²) in [6.45, 7) is 9.33. The first-order chi connectivity index (χ1) is 9.52. The van der Waals surface area contributed by atoms with E-state index in [1.165, 1.54) is 11.3 Å². The van der Waals surface area contributed by atoms with Crippen LogP contribution in [0.5, 0.6) is 5.75 Å². The lowest BCUT2D eigenvalue weighted by molar-refractivity contribution is 0.414. The number of hydrogen-bond acceptors (Lipinski definition) is 3. The Morgan fingerprint density at radius 3 is 2.40 bits per heavy atom. The average Bonchev–Trinajstić information content (AvgIpc) is 2.72. The molecule has 0 saturated heterocycles. The van der Waals surface area contributed by atoms with Crippen molar-refractivity contribution in [2.45, 2.75) is 40.3 Å². The molecule has 1 aromatic carbocycles. The summed E-state index contributed by atoms with van der Waals surface area (Å²) in [6, 6.07) is 8.43. The van der Waals surface area contributed by atoms with Gasteiger partial charge in [0.2, 0.25) is 0 Å². The molecule has 2 rings (SSSR count). The Morgan fingerprint density at radius 2 is 1.85 bits per heavy atom. The van der Waals surface area contributed by atoms with E-state index in [0.29, 0.717) is 6.04 Å². The smallest absolute Gasteiger partial charge is 0.119 e. The quantitative estimate of drug-likeness (QED) is 0.910. The van der Waals surface area contributed by atoms with Gasteiger partial charge in [-0.05, 0) is 38.1 Å². The fourth-order valence-electron chi connectivity index (χ4n) is 2.21.